The van der Waals surface area contributed by atoms with Crippen LogP contribution in [0.2, 0.25) is 0 Å². The highest BCUT2D eigenvalue weighted by Crippen LogP contribution is 2.57. The Labute approximate surface area is 217 Å². The molecule has 0 bridgehead atoms. The van der Waals surface area contributed by atoms with E-state index in [1.807, 2.05) is 84.9 Å². The first-order valence-electron chi connectivity index (χ1n) is 11.8. The van der Waals surface area contributed by atoms with Gasteiger partial charge in [-0.2, -0.15) is 0 Å². The second-order valence-corrected chi connectivity index (χ2v) is 8.42. The predicted molar refractivity (Wildman–Crippen MR) is 142 cm³/mol. The van der Waals surface area contributed by atoms with Gasteiger partial charge in [-0.25, -0.2) is 0 Å². The SMILES string of the molecule is COc1ccccc1C(C(=O)O)C(c1ccccc1OC)(c1ccccc1OC)c1ccccc1OC. The summed E-state index contributed by atoms with van der Waals surface area (Å²) in [5.41, 5.74) is 1.06. The summed E-state index contributed by atoms with van der Waals surface area (Å²) in [7, 11) is 6.27. The van der Waals surface area contributed by atoms with Gasteiger partial charge in [0.2, 0.25) is 0 Å². The smallest absolute Gasteiger partial charge is 0.312 e. The summed E-state index contributed by atoms with van der Waals surface area (Å²) in [4.78, 5) is 13.6. The molecule has 0 aromatic heterocycles. The molecule has 0 amide bonds. The number of carbonyl (C=O) groups is 1. The Morgan fingerprint density at radius 1 is 0.568 bits per heavy atom. The number of benzene rings is 4. The third kappa shape index (κ3) is 4.35. The Morgan fingerprint density at radius 3 is 1.24 bits per heavy atom. The van der Waals surface area contributed by atoms with E-state index in [-0.39, 0.29) is 0 Å². The van der Waals surface area contributed by atoms with Crippen LogP contribution in [-0.2, 0) is 10.2 Å². The normalized spacial score (nSPS) is 11.9. The zero-order valence-corrected chi connectivity index (χ0v) is 21.3. The van der Waals surface area contributed by atoms with Gasteiger partial charge in [-0.05, 0) is 24.3 Å². The van der Waals surface area contributed by atoms with Gasteiger partial charge in [0.1, 0.15) is 28.9 Å². The third-order valence-electron chi connectivity index (χ3n) is 6.73. The van der Waals surface area contributed by atoms with E-state index in [0.29, 0.717) is 45.3 Å². The first-order chi connectivity index (χ1) is 18.0. The Bertz CT molecular complexity index is 1260. The van der Waals surface area contributed by atoms with Crippen LogP contribution in [0.5, 0.6) is 23.0 Å². The Balaban J connectivity index is 2.32. The summed E-state index contributed by atoms with van der Waals surface area (Å²) in [5, 5.41) is 11.1. The van der Waals surface area contributed by atoms with E-state index >= 15 is 0 Å². The zero-order valence-electron chi connectivity index (χ0n) is 21.3. The molecular formula is C31H30O6. The Morgan fingerprint density at radius 2 is 0.892 bits per heavy atom. The van der Waals surface area contributed by atoms with E-state index < -0.39 is 17.3 Å². The number of aliphatic carboxylic acids is 1. The number of carboxylic acids is 1. The van der Waals surface area contributed by atoms with Crippen LogP contribution in [-0.4, -0.2) is 39.5 Å². The van der Waals surface area contributed by atoms with Gasteiger partial charge < -0.3 is 24.1 Å². The fourth-order valence-electron chi connectivity index (χ4n) is 5.27. The van der Waals surface area contributed by atoms with Gasteiger partial charge in [-0.1, -0.05) is 72.8 Å². The van der Waals surface area contributed by atoms with Crippen molar-refractivity contribution in [3.63, 3.8) is 0 Å². The molecule has 0 saturated heterocycles. The monoisotopic (exact) mass is 498 g/mol. The van der Waals surface area contributed by atoms with Crippen LogP contribution in [0, 0.1) is 0 Å². The third-order valence-corrected chi connectivity index (χ3v) is 6.73. The van der Waals surface area contributed by atoms with Crippen molar-refractivity contribution in [3.05, 3.63) is 119 Å². The lowest BCUT2D eigenvalue weighted by Crippen LogP contribution is -2.41. The molecule has 4 aromatic rings. The van der Waals surface area contributed by atoms with Crippen LogP contribution < -0.4 is 18.9 Å². The lowest BCUT2D eigenvalue weighted by Gasteiger charge is -2.42. The highest BCUT2D eigenvalue weighted by atomic mass is 16.5. The van der Waals surface area contributed by atoms with Gasteiger partial charge in [0.15, 0.2) is 0 Å². The summed E-state index contributed by atoms with van der Waals surface area (Å²) in [6.45, 7) is 0. The van der Waals surface area contributed by atoms with E-state index in [1.54, 1.807) is 33.5 Å². The van der Waals surface area contributed by atoms with Crippen LogP contribution >= 0.6 is 0 Å². The van der Waals surface area contributed by atoms with Crippen LogP contribution in [0.1, 0.15) is 28.2 Å². The van der Waals surface area contributed by atoms with Crippen molar-refractivity contribution in [2.45, 2.75) is 11.3 Å². The van der Waals surface area contributed by atoms with Gasteiger partial charge in [0, 0.05) is 22.3 Å². The molecule has 0 aliphatic heterocycles. The molecule has 0 saturated carbocycles. The van der Waals surface area contributed by atoms with Crippen LogP contribution in [0.15, 0.2) is 97.1 Å². The molecule has 0 spiro atoms. The van der Waals surface area contributed by atoms with Crippen molar-refractivity contribution in [2.24, 2.45) is 0 Å². The number of carboxylic acid groups (broad SMARTS) is 1. The fourth-order valence-corrected chi connectivity index (χ4v) is 5.27. The summed E-state index contributed by atoms with van der Waals surface area (Å²) in [5.74, 6) is -0.180. The van der Waals surface area contributed by atoms with Gasteiger partial charge in [0.25, 0.3) is 0 Å². The van der Waals surface area contributed by atoms with Crippen molar-refractivity contribution in [1.29, 1.82) is 0 Å². The molecule has 1 atom stereocenters. The van der Waals surface area contributed by atoms with Crippen molar-refractivity contribution < 1.29 is 28.8 Å². The van der Waals surface area contributed by atoms with E-state index in [2.05, 4.69) is 0 Å². The molecule has 0 heterocycles. The van der Waals surface area contributed by atoms with Gasteiger partial charge in [0.05, 0.1) is 33.9 Å². The highest BCUT2D eigenvalue weighted by Gasteiger charge is 2.53. The van der Waals surface area contributed by atoms with Crippen LogP contribution in [0.25, 0.3) is 0 Å². The summed E-state index contributed by atoms with van der Waals surface area (Å²) in [6.07, 6.45) is 0. The largest absolute Gasteiger partial charge is 0.496 e. The van der Waals surface area contributed by atoms with E-state index in [9.17, 15) is 9.90 Å². The lowest BCUT2D eigenvalue weighted by molar-refractivity contribution is -0.140. The molecule has 6 heteroatoms. The minimum Gasteiger partial charge on any atom is -0.496 e. The molecule has 0 aliphatic carbocycles. The topological polar surface area (TPSA) is 74.2 Å². The molecule has 4 rings (SSSR count). The Kier molecular flexibility index (Phi) is 7.68. The quantitative estimate of drug-likeness (QED) is 0.274. The standard InChI is InChI=1S/C31H30O6/c1-34-25-17-9-5-13-21(25)29(30(32)33)31(22-14-6-10-18-26(22)35-2,23-15-7-11-19-27(23)36-3)24-16-8-12-20-28(24)37-4/h5-20,29H,1-4H3,(H,32,33). The van der Waals surface area contributed by atoms with Crippen molar-refractivity contribution in [2.75, 3.05) is 28.4 Å². The molecule has 1 N–H and O–H groups in total. The molecule has 6 nitrogen and oxygen atoms in total. The molecular weight excluding hydrogens is 468 g/mol. The van der Waals surface area contributed by atoms with Crippen molar-refractivity contribution >= 4 is 5.97 Å². The number of ether oxygens (including phenoxy) is 4. The fraction of sp³-hybridized carbons (Fsp3) is 0.194. The number of methoxy groups -OCH3 is 4. The average Bonchev–Trinajstić information content (AvgIpc) is 2.95. The molecule has 190 valence electrons. The molecule has 0 radical (unpaired) electrons. The number of hydrogen-bond donors (Lipinski definition) is 1. The minimum absolute atomic E-state index is 0.457. The summed E-state index contributed by atoms with van der Waals surface area (Å²) < 4.78 is 23.3. The van der Waals surface area contributed by atoms with Gasteiger partial charge in [-0.3, -0.25) is 4.79 Å². The predicted octanol–water partition coefficient (Wildman–Crippen LogP) is 5.92. The second-order valence-electron chi connectivity index (χ2n) is 8.42. The number of rotatable bonds is 10. The van der Waals surface area contributed by atoms with Gasteiger partial charge in [-0.15, -0.1) is 0 Å². The Hall–Kier alpha value is -4.45. The second kappa shape index (κ2) is 11.1. The van der Waals surface area contributed by atoms with E-state index in [1.165, 1.54) is 7.11 Å². The average molecular weight is 499 g/mol. The first kappa shape index (κ1) is 25.6. The number of hydrogen-bond acceptors (Lipinski definition) is 5. The minimum atomic E-state index is -1.37. The van der Waals surface area contributed by atoms with Crippen molar-refractivity contribution in [1.82, 2.24) is 0 Å². The van der Waals surface area contributed by atoms with Crippen molar-refractivity contribution in [3.8, 4) is 23.0 Å². The van der Waals surface area contributed by atoms with Crippen LogP contribution in [0.4, 0.5) is 0 Å². The maximum Gasteiger partial charge on any atom is 0.312 e. The summed E-state index contributed by atoms with van der Waals surface area (Å²) >= 11 is 0. The number of para-hydroxylation sites is 4. The molecule has 1 unspecified atom stereocenters. The first-order valence-corrected chi connectivity index (χ1v) is 11.8. The molecule has 37 heavy (non-hydrogen) atoms. The maximum absolute atomic E-state index is 13.6. The lowest BCUT2D eigenvalue weighted by atomic mass is 9.59. The maximum atomic E-state index is 13.6. The molecule has 0 aliphatic rings. The van der Waals surface area contributed by atoms with Gasteiger partial charge >= 0.3 is 5.97 Å². The summed E-state index contributed by atoms with van der Waals surface area (Å²) in [6, 6.07) is 29.5. The van der Waals surface area contributed by atoms with Crippen LogP contribution in [0.3, 0.4) is 0 Å². The van der Waals surface area contributed by atoms with E-state index in [4.69, 9.17) is 18.9 Å². The molecule has 0 fully saturated rings. The molecule has 4 aromatic carbocycles. The zero-order chi connectivity index (χ0) is 26.4. The van der Waals surface area contributed by atoms with E-state index in [0.717, 1.165) is 0 Å². The highest BCUT2D eigenvalue weighted by molar-refractivity contribution is 5.85.